The van der Waals surface area contributed by atoms with Gasteiger partial charge < -0.3 is 5.32 Å². The number of carbonyl (C=O) groups is 1. The SMILES string of the molecule is CC(=O)Nc1nc(CN(Cc2cnn(C)c2)C2CC2)cs1. The van der Waals surface area contributed by atoms with E-state index in [-0.39, 0.29) is 5.91 Å². The average Bonchev–Trinajstić information content (AvgIpc) is 3.06. The molecule has 0 aliphatic heterocycles. The molecule has 1 amide bonds. The number of hydrogen-bond acceptors (Lipinski definition) is 5. The van der Waals surface area contributed by atoms with Crippen LogP contribution in [0, 0.1) is 0 Å². The Kier molecular flexibility index (Phi) is 4.03. The van der Waals surface area contributed by atoms with Crippen molar-refractivity contribution in [2.75, 3.05) is 5.32 Å². The zero-order valence-corrected chi connectivity index (χ0v) is 13.1. The molecule has 0 aromatic carbocycles. The predicted molar refractivity (Wildman–Crippen MR) is 81.9 cm³/mol. The maximum Gasteiger partial charge on any atom is 0.223 e. The van der Waals surface area contributed by atoms with Gasteiger partial charge in [0, 0.05) is 50.2 Å². The molecule has 21 heavy (non-hydrogen) atoms. The molecular formula is C14H19N5OS. The van der Waals surface area contributed by atoms with E-state index in [0.29, 0.717) is 11.2 Å². The lowest BCUT2D eigenvalue weighted by Crippen LogP contribution is -2.25. The molecule has 1 N–H and O–H groups in total. The largest absolute Gasteiger partial charge is 0.302 e. The molecule has 1 fully saturated rings. The van der Waals surface area contributed by atoms with Crippen LogP contribution >= 0.6 is 11.3 Å². The standard InChI is InChI=1S/C14H19N5OS/c1-10(20)16-14-17-12(9-21-14)8-19(13-3-4-13)7-11-5-15-18(2)6-11/h5-6,9,13H,3-4,7-8H2,1-2H3,(H,16,17,20). The Morgan fingerprint density at radius 3 is 2.95 bits per heavy atom. The molecule has 0 unspecified atom stereocenters. The second-order valence-electron chi connectivity index (χ2n) is 5.48. The van der Waals surface area contributed by atoms with Crippen molar-refractivity contribution in [1.82, 2.24) is 19.7 Å². The third-order valence-corrected chi connectivity index (χ3v) is 4.21. The summed E-state index contributed by atoms with van der Waals surface area (Å²) in [5.41, 5.74) is 2.24. The lowest BCUT2D eigenvalue weighted by atomic mass is 10.3. The number of nitrogens with zero attached hydrogens (tertiary/aromatic N) is 4. The second-order valence-corrected chi connectivity index (χ2v) is 6.34. The number of thiazole rings is 1. The van der Waals surface area contributed by atoms with E-state index in [9.17, 15) is 4.79 Å². The van der Waals surface area contributed by atoms with Crippen molar-refractivity contribution in [3.63, 3.8) is 0 Å². The van der Waals surface area contributed by atoms with Gasteiger partial charge in [-0.05, 0) is 12.8 Å². The maximum absolute atomic E-state index is 11.0. The van der Waals surface area contributed by atoms with Crippen molar-refractivity contribution in [2.24, 2.45) is 7.05 Å². The summed E-state index contributed by atoms with van der Waals surface area (Å²) in [4.78, 5) is 17.9. The van der Waals surface area contributed by atoms with E-state index in [0.717, 1.165) is 18.8 Å². The number of aromatic nitrogens is 3. The molecule has 0 bridgehead atoms. The Morgan fingerprint density at radius 1 is 1.52 bits per heavy atom. The minimum atomic E-state index is -0.0784. The van der Waals surface area contributed by atoms with E-state index >= 15 is 0 Å². The highest BCUT2D eigenvalue weighted by Gasteiger charge is 2.29. The summed E-state index contributed by atoms with van der Waals surface area (Å²) >= 11 is 1.48. The molecule has 0 saturated heterocycles. The predicted octanol–water partition coefficient (Wildman–Crippen LogP) is 2.00. The highest BCUT2D eigenvalue weighted by Crippen LogP contribution is 2.30. The average molecular weight is 305 g/mol. The summed E-state index contributed by atoms with van der Waals surface area (Å²) in [6.07, 6.45) is 6.48. The first-order chi connectivity index (χ1) is 10.1. The molecule has 112 valence electrons. The molecule has 0 radical (unpaired) electrons. The van der Waals surface area contributed by atoms with Crippen LogP contribution in [0.3, 0.4) is 0 Å². The minimum Gasteiger partial charge on any atom is -0.302 e. The first-order valence-electron chi connectivity index (χ1n) is 7.04. The van der Waals surface area contributed by atoms with Crippen LogP contribution in [-0.4, -0.2) is 31.6 Å². The van der Waals surface area contributed by atoms with Gasteiger partial charge in [-0.25, -0.2) is 4.98 Å². The first kappa shape index (κ1) is 14.2. The van der Waals surface area contributed by atoms with Crippen LogP contribution in [0.4, 0.5) is 5.13 Å². The van der Waals surface area contributed by atoms with Crippen molar-refractivity contribution in [3.8, 4) is 0 Å². The molecular weight excluding hydrogens is 286 g/mol. The van der Waals surface area contributed by atoms with Crippen LogP contribution in [-0.2, 0) is 24.9 Å². The van der Waals surface area contributed by atoms with Gasteiger partial charge in [-0.3, -0.25) is 14.4 Å². The van der Waals surface area contributed by atoms with Gasteiger partial charge in [-0.1, -0.05) is 0 Å². The van der Waals surface area contributed by atoms with Gasteiger partial charge in [-0.15, -0.1) is 11.3 Å². The van der Waals surface area contributed by atoms with E-state index in [2.05, 4.69) is 26.5 Å². The van der Waals surface area contributed by atoms with Gasteiger partial charge in [0.25, 0.3) is 0 Å². The summed E-state index contributed by atoms with van der Waals surface area (Å²) in [5, 5.41) is 9.65. The molecule has 2 heterocycles. The first-order valence-corrected chi connectivity index (χ1v) is 7.91. The van der Waals surface area contributed by atoms with Crippen molar-refractivity contribution in [1.29, 1.82) is 0 Å². The Balaban J connectivity index is 1.64. The van der Waals surface area contributed by atoms with Crippen LogP contribution < -0.4 is 5.32 Å². The number of nitrogens with one attached hydrogen (secondary N) is 1. The fourth-order valence-electron chi connectivity index (χ4n) is 2.34. The number of rotatable bonds is 6. The smallest absolute Gasteiger partial charge is 0.223 e. The van der Waals surface area contributed by atoms with E-state index in [4.69, 9.17) is 0 Å². The van der Waals surface area contributed by atoms with Crippen molar-refractivity contribution in [2.45, 2.75) is 38.9 Å². The molecule has 0 atom stereocenters. The third kappa shape index (κ3) is 3.89. The summed E-state index contributed by atoms with van der Waals surface area (Å²) in [5.74, 6) is -0.0784. The van der Waals surface area contributed by atoms with Gasteiger partial charge in [0.1, 0.15) is 0 Å². The van der Waals surface area contributed by atoms with Crippen LogP contribution in [0.25, 0.3) is 0 Å². The summed E-state index contributed by atoms with van der Waals surface area (Å²) < 4.78 is 1.83. The van der Waals surface area contributed by atoms with Gasteiger partial charge in [0.2, 0.25) is 5.91 Å². The van der Waals surface area contributed by atoms with Crippen molar-refractivity contribution >= 4 is 22.4 Å². The second kappa shape index (κ2) is 5.95. The van der Waals surface area contributed by atoms with Crippen LogP contribution in [0.2, 0.25) is 0 Å². The molecule has 1 saturated carbocycles. The Morgan fingerprint density at radius 2 is 2.33 bits per heavy atom. The van der Waals surface area contributed by atoms with Crippen LogP contribution in [0.5, 0.6) is 0 Å². The van der Waals surface area contributed by atoms with E-state index in [1.807, 2.05) is 23.3 Å². The summed E-state index contributed by atoms with van der Waals surface area (Å²) in [6.45, 7) is 3.21. The number of carbonyl (C=O) groups excluding carboxylic acids is 1. The molecule has 3 rings (SSSR count). The number of hydrogen-bond donors (Lipinski definition) is 1. The van der Waals surface area contributed by atoms with Gasteiger partial charge in [-0.2, -0.15) is 5.10 Å². The molecule has 1 aliphatic carbocycles. The molecule has 0 spiro atoms. The van der Waals surface area contributed by atoms with E-state index in [1.165, 1.54) is 36.7 Å². The molecule has 1 aliphatic rings. The highest BCUT2D eigenvalue weighted by molar-refractivity contribution is 7.13. The molecule has 2 aromatic heterocycles. The van der Waals surface area contributed by atoms with Gasteiger partial charge in [0.05, 0.1) is 11.9 Å². The lowest BCUT2D eigenvalue weighted by Gasteiger charge is -2.19. The van der Waals surface area contributed by atoms with Crippen molar-refractivity contribution < 1.29 is 4.79 Å². The number of amides is 1. The highest BCUT2D eigenvalue weighted by atomic mass is 32.1. The number of aryl methyl sites for hydroxylation is 1. The zero-order valence-electron chi connectivity index (χ0n) is 12.2. The normalized spacial score (nSPS) is 14.6. The third-order valence-electron chi connectivity index (χ3n) is 3.41. The fourth-order valence-corrected chi connectivity index (χ4v) is 3.09. The summed E-state index contributed by atoms with van der Waals surface area (Å²) in [6, 6.07) is 0.649. The van der Waals surface area contributed by atoms with Crippen LogP contribution in [0.1, 0.15) is 31.0 Å². The van der Waals surface area contributed by atoms with Gasteiger partial charge in [0.15, 0.2) is 5.13 Å². The van der Waals surface area contributed by atoms with Crippen molar-refractivity contribution in [3.05, 3.63) is 29.0 Å². The molecule has 6 nitrogen and oxygen atoms in total. The van der Waals surface area contributed by atoms with Gasteiger partial charge >= 0.3 is 0 Å². The molecule has 7 heteroatoms. The quantitative estimate of drug-likeness (QED) is 0.886. The number of anilines is 1. The zero-order chi connectivity index (χ0) is 14.8. The lowest BCUT2D eigenvalue weighted by molar-refractivity contribution is -0.114. The van der Waals surface area contributed by atoms with E-state index < -0.39 is 0 Å². The fraction of sp³-hybridized carbons (Fsp3) is 0.500. The summed E-state index contributed by atoms with van der Waals surface area (Å²) in [7, 11) is 1.94. The Hall–Kier alpha value is -1.73. The maximum atomic E-state index is 11.0. The molecule has 2 aromatic rings. The van der Waals surface area contributed by atoms with E-state index in [1.54, 1.807) is 0 Å². The Bertz CT molecular complexity index is 631. The topological polar surface area (TPSA) is 63.1 Å². The van der Waals surface area contributed by atoms with Crippen LogP contribution in [0.15, 0.2) is 17.8 Å². The Labute approximate surface area is 127 Å². The minimum absolute atomic E-state index is 0.0784. The monoisotopic (exact) mass is 305 g/mol.